The molecule has 0 heterocycles. The van der Waals surface area contributed by atoms with Crippen molar-refractivity contribution in [2.45, 2.75) is 13.8 Å². The molecule has 0 aliphatic heterocycles. The molecule has 0 atom stereocenters. The van der Waals surface area contributed by atoms with Gasteiger partial charge in [0.25, 0.3) is 0 Å². The van der Waals surface area contributed by atoms with Crippen LogP contribution in [0.1, 0.15) is 11.1 Å². The van der Waals surface area contributed by atoms with Gasteiger partial charge in [0, 0.05) is 0 Å². The molecule has 0 N–H and O–H groups in total. The molecule has 0 aromatic heterocycles. The van der Waals surface area contributed by atoms with Crippen LogP contribution in [-0.4, -0.2) is 0 Å². The minimum absolute atomic E-state index is 0.187. The van der Waals surface area contributed by atoms with Crippen LogP contribution in [-0.2, 0) is 0 Å². The summed E-state index contributed by atoms with van der Waals surface area (Å²) in [5, 5.41) is 0. The van der Waals surface area contributed by atoms with Crippen LogP contribution in [0, 0.1) is 19.7 Å². The van der Waals surface area contributed by atoms with Crippen LogP contribution in [0.3, 0.4) is 0 Å². The average molecular weight is 200 g/mol. The van der Waals surface area contributed by atoms with Gasteiger partial charge >= 0.3 is 0 Å². The summed E-state index contributed by atoms with van der Waals surface area (Å²) < 4.78 is 13.1. The van der Waals surface area contributed by atoms with Crippen LogP contribution >= 0.6 is 0 Å². The first-order chi connectivity index (χ1) is 7.16. The maximum atomic E-state index is 13.1. The molecule has 2 rings (SSSR count). The SMILES string of the molecule is Cc1ccc(C)c(-c2cccc(F)c2)c1. The Bertz CT molecular complexity index is 486. The summed E-state index contributed by atoms with van der Waals surface area (Å²) in [5.41, 5.74) is 4.41. The number of benzene rings is 2. The molecule has 0 unspecified atom stereocenters. The Labute approximate surface area is 89.4 Å². The van der Waals surface area contributed by atoms with E-state index < -0.39 is 0 Å². The van der Waals surface area contributed by atoms with Gasteiger partial charge in [0.15, 0.2) is 0 Å². The molecule has 0 saturated carbocycles. The number of hydrogen-bond donors (Lipinski definition) is 0. The normalized spacial score (nSPS) is 10.3. The van der Waals surface area contributed by atoms with Crippen LogP contribution in [0.2, 0.25) is 0 Å². The summed E-state index contributed by atoms with van der Waals surface area (Å²) >= 11 is 0. The molecular formula is C14H13F. The van der Waals surface area contributed by atoms with E-state index in [0.717, 1.165) is 11.1 Å². The molecule has 0 aliphatic rings. The maximum Gasteiger partial charge on any atom is 0.123 e. The van der Waals surface area contributed by atoms with Crippen molar-refractivity contribution in [3.63, 3.8) is 0 Å². The first-order valence-corrected chi connectivity index (χ1v) is 5.00. The lowest BCUT2D eigenvalue weighted by Crippen LogP contribution is -1.85. The molecule has 2 aromatic rings. The molecule has 0 spiro atoms. The number of hydrogen-bond acceptors (Lipinski definition) is 0. The van der Waals surface area contributed by atoms with E-state index >= 15 is 0 Å². The Morgan fingerprint density at radius 1 is 0.933 bits per heavy atom. The van der Waals surface area contributed by atoms with Crippen molar-refractivity contribution < 1.29 is 4.39 Å². The van der Waals surface area contributed by atoms with E-state index in [1.807, 2.05) is 19.9 Å². The summed E-state index contributed by atoms with van der Waals surface area (Å²) in [6, 6.07) is 12.9. The molecular weight excluding hydrogens is 187 g/mol. The molecule has 2 aromatic carbocycles. The lowest BCUT2D eigenvalue weighted by atomic mass is 9.98. The number of aryl methyl sites for hydroxylation is 2. The van der Waals surface area contributed by atoms with Gasteiger partial charge in [0.05, 0.1) is 0 Å². The standard InChI is InChI=1S/C14H13F/c1-10-6-7-11(2)14(8-10)12-4-3-5-13(15)9-12/h3-9H,1-2H3. The van der Waals surface area contributed by atoms with Crippen LogP contribution in [0.4, 0.5) is 4.39 Å². The lowest BCUT2D eigenvalue weighted by molar-refractivity contribution is 0.628. The quantitative estimate of drug-likeness (QED) is 0.649. The molecule has 0 amide bonds. The van der Waals surface area contributed by atoms with Crippen LogP contribution in [0.5, 0.6) is 0 Å². The highest BCUT2D eigenvalue weighted by Crippen LogP contribution is 2.24. The van der Waals surface area contributed by atoms with Crippen LogP contribution in [0.25, 0.3) is 11.1 Å². The molecule has 0 aliphatic carbocycles. The monoisotopic (exact) mass is 200 g/mol. The molecule has 76 valence electrons. The largest absolute Gasteiger partial charge is 0.207 e. The van der Waals surface area contributed by atoms with Crippen molar-refractivity contribution in [2.24, 2.45) is 0 Å². The van der Waals surface area contributed by atoms with Gasteiger partial charge < -0.3 is 0 Å². The van der Waals surface area contributed by atoms with E-state index in [4.69, 9.17) is 0 Å². The first-order valence-electron chi connectivity index (χ1n) is 5.00. The Kier molecular flexibility index (Phi) is 2.55. The van der Waals surface area contributed by atoms with Crippen LogP contribution < -0.4 is 0 Å². The first kappa shape index (κ1) is 9.91. The van der Waals surface area contributed by atoms with Crippen molar-refractivity contribution in [3.8, 4) is 11.1 Å². The second-order valence-electron chi connectivity index (χ2n) is 3.83. The van der Waals surface area contributed by atoms with E-state index in [2.05, 4.69) is 18.2 Å². The van der Waals surface area contributed by atoms with Gasteiger partial charge in [-0.05, 0) is 42.7 Å². The Morgan fingerprint density at radius 2 is 1.73 bits per heavy atom. The third kappa shape index (κ3) is 2.07. The zero-order valence-electron chi connectivity index (χ0n) is 8.92. The van der Waals surface area contributed by atoms with E-state index in [1.54, 1.807) is 12.1 Å². The second kappa shape index (κ2) is 3.85. The number of halogens is 1. The summed E-state index contributed by atoms with van der Waals surface area (Å²) in [7, 11) is 0. The molecule has 1 heteroatoms. The molecule has 0 radical (unpaired) electrons. The minimum Gasteiger partial charge on any atom is -0.207 e. The second-order valence-corrected chi connectivity index (χ2v) is 3.83. The predicted octanol–water partition coefficient (Wildman–Crippen LogP) is 4.11. The molecule has 0 nitrogen and oxygen atoms in total. The third-order valence-electron chi connectivity index (χ3n) is 2.53. The summed E-state index contributed by atoms with van der Waals surface area (Å²) in [6.07, 6.45) is 0. The Balaban J connectivity index is 2.58. The Hall–Kier alpha value is -1.63. The van der Waals surface area contributed by atoms with Gasteiger partial charge in [0.2, 0.25) is 0 Å². The zero-order valence-corrected chi connectivity index (χ0v) is 8.92. The van der Waals surface area contributed by atoms with Gasteiger partial charge in [-0.15, -0.1) is 0 Å². The average Bonchev–Trinajstić information content (AvgIpc) is 2.22. The summed E-state index contributed by atoms with van der Waals surface area (Å²) in [5.74, 6) is -0.187. The highest BCUT2D eigenvalue weighted by molar-refractivity contribution is 5.67. The summed E-state index contributed by atoms with van der Waals surface area (Å²) in [4.78, 5) is 0. The van der Waals surface area contributed by atoms with Gasteiger partial charge in [-0.2, -0.15) is 0 Å². The van der Waals surface area contributed by atoms with E-state index in [9.17, 15) is 4.39 Å². The Morgan fingerprint density at radius 3 is 2.47 bits per heavy atom. The molecule has 0 fully saturated rings. The highest BCUT2D eigenvalue weighted by atomic mass is 19.1. The maximum absolute atomic E-state index is 13.1. The van der Waals surface area contributed by atoms with Crippen molar-refractivity contribution in [1.29, 1.82) is 0 Å². The number of rotatable bonds is 1. The fraction of sp³-hybridized carbons (Fsp3) is 0.143. The van der Waals surface area contributed by atoms with Crippen LogP contribution in [0.15, 0.2) is 42.5 Å². The van der Waals surface area contributed by atoms with Gasteiger partial charge in [-0.3, -0.25) is 0 Å². The highest BCUT2D eigenvalue weighted by Gasteiger charge is 2.02. The topological polar surface area (TPSA) is 0 Å². The zero-order chi connectivity index (χ0) is 10.8. The molecule has 15 heavy (non-hydrogen) atoms. The minimum atomic E-state index is -0.187. The van der Waals surface area contributed by atoms with Crippen molar-refractivity contribution >= 4 is 0 Å². The predicted molar refractivity (Wildman–Crippen MR) is 61.3 cm³/mol. The van der Waals surface area contributed by atoms with E-state index in [0.29, 0.717) is 0 Å². The summed E-state index contributed by atoms with van der Waals surface area (Å²) in [6.45, 7) is 4.09. The van der Waals surface area contributed by atoms with Gasteiger partial charge in [0.1, 0.15) is 5.82 Å². The molecule has 0 bridgehead atoms. The van der Waals surface area contributed by atoms with Gasteiger partial charge in [-0.1, -0.05) is 35.9 Å². The van der Waals surface area contributed by atoms with Gasteiger partial charge in [-0.25, -0.2) is 4.39 Å². The van der Waals surface area contributed by atoms with Crippen molar-refractivity contribution in [2.75, 3.05) is 0 Å². The van der Waals surface area contributed by atoms with Crippen molar-refractivity contribution in [1.82, 2.24) is 0 Å². The fourth-order valence-electron chi connectivity index (χ4n) is 1.70. The lowest BCUT2D eigenvalue weighted by Gasteiger charge is -2.07. The smallest absolute Gasteiger partial charge is 0.123 e. The van der Waals surface area contributed by atoms with Crippen molar-refractivity contribution in [3.05, 3.63) is 59.4 Å². The van der Waals surface area contributed by atoms with E-state index in [-0.39, 0.29) is 5.82 Å². The molecule has 0 saturated heterocycles. The van der Waals surface area contributed by atoms with E-state index in [1.165, 1.54) is 17.2 Å². The third-order valence-corrected chi connectivity index (χ3v) is 2.53. The fourth-order valence-corrected chi connectivity index (χ4v) is 1.70.